The van der Waals surface area contributed by atoms with E-state index < -0.39 is 36.0 Å². The summed E-state index contributed by atoms with van der Waals surface area (Å²) in [4.78, 5) is 55.0. The molecule has 2 aliphatic rings. The summed E-state index contributed by atoms with van der Waals surface area (Å²) >= 11 is 0. The molecule has 6 nitrogen and oxygen atoms in total. The van der Waals surface area contributed by atoms with Crippen LogP contribution in [0.1, 0.15) is 63.3 Å². The minimum atomic E-state index is -1.15. The molecule has 4 aromatic rings. The highest BCUT2D eigenvalue weighted by Gasteiger charge is 2.56. The van der Waals surface area contributed by atoms with Gasteiger partial charge in [-0.3, -0.25) is 19.2 Å². The number of rotatable bonds is 10. The summed E-state index contributed by atoms with van der Waals surface area (Å²) in [6, 6.07) is 35.3. The Morgan fingerprint density at radius 1 is 0.488 bits per heavy atom. The topological polar surface area (TPSA) is 86.7 Å². The molecule has 0 spiro atoms. The Morgan fingerprint density at radius 3 is 1.16 bits per heavy atom. The maximum atomic E-state index is 13.9. The Morgan fingerprint density at radius 2 is 0.814 bits per heavy atom. The van der Waals surface area contributed by atoms with Crippen molar-refractivity contribution in [2.24, 2.45) is 23.7 Å². The van der Waals surface area contributed by atoms with Crippen LogP contribution in [0.25, 0.3) is 0 Å². The fourth-order valence-corrected chi connectivity index (χ4v) is 6.67. The summed E-state index contributed by atoms with van der Waals surface area (Å²) in [5.74, 6) is -3.47. The van der Waals surface area contributed by atoms with Crippen molar-refractivity contribution in [1.82, 2.24) is 0 Å². The number of ether oxygens (including phenoxy) is 2. The highest BCUT2D eigenvalue weighted by Crippen LogP contribution is 2.54. The SMILES string of the molecule is O=C(c1ccccc1)C(OC(=O)C1C2CCC(C2)C1C(=O)OC(C(=O)c1ccccc1)c1ccccc1)c1ccccc1. The van der Waals surface area contributed by atoms with E-state index in [0.717, 1.165) is 12.8 Å². The fraction of sp³-hybridized carbons (Fsp3) is 0.243. The third kappa shape index (κ3) is 5.91. The molecular formula is C37H32O6. The van der Waals surface area contributed by atoms with E-state index in [2.05, 4.69) is 0 Å². The minimum absolute atomic E-state index is 0.0571. The molecule has 0 aliphatic heterocycles. The zero-order chi connectivity index (χ0) is 29.8. The van der Waals surface area contributed by atoms with Gasteiger partial charge in [0.1, 0.15) is 0 Å². The molecule has 6 heteroatoms. The number of Topliss-reactive ketones (excluding diaryl/α,β-unsaturated/α-hetero) is 2. The first-order chi connectivity index (χ1) is 21.0. The van der Waals surface area contributed by atoms with Gasteiger partial charge in [-0.05, 0) is 31.1 Å². The first-order valence-corrected chi connectivity index (χ1v) is 14.7. The van der Waals surface area contributed by atoms with Crippen LogP contribution in [0, 0.1) is 23.7 Å². The van der Waals surface area contributed by atoms with Crippen LogP contribution in [0.4, 0.5) is 0 Å². The summed E-state index contributed by atoms with van der Waals surface area (Å²) in [7, 11) is 0. The average molecular weight is 573 g/mol. The molecule has 2 fully saturated rings. The van der Waals surface area contributed by atoms with Gasteiger partial charge in [0, 0.05) is 22.3 Å². The largest absolute Gasteiger partial charge is 0.449 e. The van der Waals surface area contributed by atoms with Gasteiger partial charge in [-0.2, -0.15) is 0 Å². The molecule has 2 saturated carbocycles. The van der Waals surface area contributed by atoms with Crippen LogP contribution in [0.3, 0.4) is 0 Å². The number of carbonyl (C=O) groups is 4. The third-order valence-electron chi connectivity index (χ3n) is 8.73. The number of hydrogen-bond donors (Lipinski definition) is 0. The highest BCUT2D eigenvalue weighted by atomic mass is 16.6. The Bertz CT molecular complexity index is 1460. The van der Waals surface area contributed by atoms with Gasteiger partial charge in [0.05, 0.1) is 11.8 Å². The predicted molar refractivity (Wildman–Crippen MR) is 160 cm³/mol. The quantitative estimate of drug-likeness (QED) is 0.150. The van der Waals surface area contributed by atoms with Crippen LogP contribution in [0.2, 0.25) is 0 Å². The number of carbonyl (C=O) groups excluding carboxylic acids is 4. The van der Waals surface area contributed by atoms with E-state index >= 15 is 0 Å². The van der Waals surface area contributed by atoms with Crippen LogP contribution in [-0.2, 0) is 19.1 Å². The molecule has 2 bridgehead atoms. The van der Waals surface area contributed by atoms with Crippen LogP contribution in [0.5, 0.6) is 0 Å². The van der Waals surface area contributed by atoms with Crippen molar-refractivity contribution in [3.63, 3.8) is 0 Å². The molecule has 6 unspecified atom stereocenters. The Kier molecular flexibility index (Phi) is 8.27. The van der Waals surface area contributed by atoms with Crippen LogP contribution in [-0.4, -0.2) is 23.5 Å². The van der Waals surface area contributed by atoms with Crippen molar-refractivity contribution in [2.75, 3.05) is 0 Å². The van der Waals surface area contributed by atoms with Crippen molar-refractivity contribution < 1.29 is 28.7 Å². The van der Waals surface area contributed by atoms with Gasteiger partial charge in [0.25, 0.3) is 0 Å². The lowest BCUT2D eigenvalue weighted by Gasteiger charge is -2.30. The van der Waals surface area contributed by atoms with Crippen molar-refractivity contribution >= 4 is 23.5 Å². The summed E-state index contributed by atoms with van der Waals surface area (Å²) in [5.41, 5.74) is 1.98. The van der Waals surface area contributed by atoms with Gasteiger partial charge in [0.15, 0.2) is 12.2 Å². The maximum Gasteiger partial charge on any atom is 0.311 e. The molecule has 6 atom stereocenters. The van der Waals surface area contributed by atoms with E-state index in [1.165, 1.54) is 0 Å². The Labute approximate surface area is 250 Å². The van der Waals surface area contributed by atoms with E-state index in [9.17, 15) is 19.2 Å². The molecule has 0 N–H and O–H groups in total. The molecule has 6 rings (SSSR count). The lowest BCUT2D eigenvalue weighted by Crippen LogP contribution is -2.39. The number of fused-ring (bicyclic) bond motifs is 2. The maximum absolute atomic E-state index is 13.9. The minimum Gasteiger partial charge on any atom is -0.449 e. The van der Waals surface area contributed by atoms with Crippen molar-refractivity contribution in [3.05, 3.63) is 144 Å². The number of ketones is 2. The standard InChI is InChI=1S/C37H32O6/c38-32(24-13-5-1-6-14-24)34(26-17-9-3-10-18-26)42-36(40)30-28-21-22-29(23-28)31(30)37(41)43-35(27-19-11-4-12-20-27)33(39)25-15-7-2-8-16-25/h1-20,28-31,34-35H,21-23H2. The van der Waals surface area contributed by atoms with Crippen LogP contribution >= 0.6 is 0 Å². The summed E-state index contributed by atoms with van der Waals surface area (Å²) in [6.07, 6.45) is -0.0125. The highest BCUT2D eigenvalue weighted by molar-refractivity contribution is 6.02. The van der Waals surface area contributed by atoms with Crippen LogP contribution < -0.4 is 0 Å². The monoisotopic (exact) mass is 572 g/mol. The van der Waals surface area contributed by atoms with Crippen molar-refractivity contribution in [1.29, 1.82) is 0 Å². The van der Waals surface area contributed by atoms with Gasteiger partial charge in [-0.1, -0.05) is 121 Å². The molecule has 4 aromatic carbocycles. The summed E-state index contributed by atoms with van der Waals surface area (Å²) in [6.45, 7) is 0. The second-order valence-electron chi connectivity index (χ2n) is 11.3. The zero-order valence-electron chi connectivity index (χ0n) is 23.6. The normalized spacial score (nSPS) is 21.9. The molecule has 216 valence electrons. The smallest absolute Gasteiger partial charge is 0.311 e. The van der Waals surface area contributed by atoms with Gasteiger partial charge in [0.2, 0.25) is 11.6 Å². The predicted octanol–water partition coefficient (Wildman–Crippen LogP) is 6.98. The molecule has 0 radical (unpaired) electrons. The van der Waals surface area contributed by atoms with E-state index in [1.54, 1.807) is 97.1 Å². The molecule has 0 amide bonds. The molecular weight excluding hydrogens is 540 g/mol. The third-order valence-corrected chi connectivity index (χ3v) is 8.73. The van der Waals surface area contributed by atoms with E-state index in [0.29, 0.717) is 28.7 Å². The molecule has 43 heavy (non-hydrogen) atoms. The summed E-state index contributed by atoms with van der Waals surface area (Å²) < 4.78 is 12.0. The molecule has 0 heterocycles. The first-order valence-electron chi connectivity index (χ1n) is 14.7. The van der Waals surface area contributed by atoms with Crippen molar-refractivity contribution in [2.45, 2.75) is 31.5 Å². The molecule has 0 aromatic heterocycles. The number of hydrogen-bond acceptors (Lipinski definition) is 6. The lowest BCUT2D eigenvalue weighted by molar-refractivity contribution is -0.167. The Hall–Kier alpha value is -4.84. The van der Waals surface area contributed by atoms with Gasteiger partial charge in [-0.25, -0.2) is 0 Å². The van der Waals surface area contributed by atoms with Gasteiger partial charge in [-0.15, -0.1) is 0 Å². The first kappa shape index (κ1) is 28.3. The van der Waals surface area contributed by atoms with E-state index in [-0.39, 0.29) is 23.4 Å². The van der Waals surface area contributed by atoms with Gasteiger partial charge < -0.3 is 9.47 Å². The van der Waals surface area contributed by atoms with E-state index in [1.807, 2.05) is 24.3 Å². The number of benzene rings is 4. The van der Waals surface area contributed by atoms with Gasteiger partial charge >= 0.3 is 11.9 Å². The lowest BCUT2D eigenvalue weighted by atomic mass is 9.79. The summed E-state index contributed by atoms with van der Waals surface area (Å²) in [5, 5.41) is 0. The molecule has 2 aliphatic carbocycles. The van der Waals surface area contributed by atoms with E-state index in [4.69, 9.17) is 9.47 Å². The van der Waals surface area contributed by atoms with Crippen molar-refractivity contribution in [3.8, 4) is 0 Å². The number of esters is 2. The van der Waals surface area contributed by atoms with Crippen LogP contribution in [0.15, 0.2) is 121 Å². The second kappa shape index (κ2) is 12.6. The zero-order valence-corrected chi connectivity index (χ0v) is 23.6. The second-order valence-corrected chi connectivity index (χ2v) is 11.3. The fourth-order valence-electron chi connectivity index (χ4n) is 6.67. The molecule has 0 saturated heterocycles. The average Bonchev–Trinajstić information content (AvgIpc) is 3.69. The Balaban J connectivity index is 1.27.